The first kappa shape index (κ1) is 15.5. The zero-order valence-electron chi connectivity index (χ0n) is 12.5. The lowest BCUT2D eigenvalue weighted by Gasteiger charge is -2.25. The van der Waals surface area contributed by atoms with Gasteiger partial charge in [0.25, 0.3) is 0 Å². The maximum absolute atomic E-state index is 6.28. The Morgan fingerprint density at radius 2 is 2.00 bits per heavy atom. The average Bonchev–Trinajstić information content (AvgIpc) is 2.44. The minimum atomic E-state index is 0.187. The Hall–Kier alpha value is -0.540. The summed E-state index contributed by atoms with van der Waals surface area (Å²) in [7, 11) is 1.89. The van der Waals surface area contributed by atoms with Crippen LogP contribution in [0.25, 0.3) is 0 Å². The molecule has 0 radical (unpaired) electrons. The third-order valence-corrected chi connectivity index (χ3v) is 3.55. The lowest BCUT2D eigenvalue weighted by Crippen LogP contribution is -2.33. The molecule has 0 spiro atoms. The fraction of sp³-hybridized carbons (Fsp3) is 0.786. The number of halogens is 1. The molecule has 3 nitrogen and oxygen atoms in total. The van der Waals surface area contributed by atoms with E-state index in [2.05, 4.69) is 38.1 Å². The second-order valence-corrected chi connectivity index (χ2v) is 6.70. The SMILES string of the molecule is Cc1nn(C)c(Cl)c1CC(C)(C)CNCC(C)C. The van der Waals surface area contributed by atoms with Crippen molar-refractivity contribution in [3.63, 3.8) is 0 Å². The molecule has 0 unspecified atom stereocenters. The van der Waals surface area contributed by atoms with E-state index in [0.29, 0.717) is 5.92 Å². The van der Waals surface area contributed by atoms with Gasteiger partial charge in [0.1, 0.15) is 5.15 Å². The molecule has 0 amide bonds. The summed E-state index contributed by atoms with van der Waals surface area (Å²) in [5.41, 5.74) is 2.40. The van der Waals surface area contributed by atoms with Crippen molar-refractivity contribution < 1.29 is 0 Å². The van der Waals surface area contributed by atoms with Crippen LogP contribution in [-0.2, 0) is 13.5 Å². The van der Waals surface area contributed by atoms with E-state index in [0.717, 1.165) is 30.4 Å². The summed E-state index contributed by atoms with van der Waals surface area (Å²) in [4.78, 5) is 0. The highest BCUT2D eigenvalue weighted by Gasteiger charge is 2.23. The number of aryl methyl sites for hydroxylation is 2. The molecular formula is C14H26ClN3. The van der Waals surface area contributed by atoms with Crippen LogP contribution in [0.5, 0.6) is 0 Å². The zero-order valence-corrected chi connectivity index (χ0v) is 13.2. The summed E-state index contributed by atoms with van der Waals surface area (Å²) in [6.45, 7) is 13.1. The molecule has 0 aliphatic heterocycles. The number of nitrogens with one attached hydrogen (secondary N) is 1. The molecule has 1 heterocycles. The molecule has 1 aromatic heterocycles. The Morgan fingerprint density at radius 3 is 2.44 bits per heavy atom. The van der Waals surface area contributed by atoms with Crippen molar-refractivity contribution in [1.82, 2.24) is 15.1 Å². The van der Waals surface area contributed by atoms with Gasteiger partial charge in [0, 0.05) is 19.2 Å². The fourth-order valence-electron chi connectivity index (χ4n) is 2.11. The van der Waals surface area contributed by atoms with Crippen LogP contribution in [-0.4, -0.2) is 22.9 Å². The van der Waals surface area contributed by atoms with E-state index >= 15 is 0 Å². The van der Waals surface area contributed by atoms with Crippen molar-refractivity contribution in [1.29, 1.82) is 0 Å². The molecular weight excluding hydrogens is 246 g/mol. The minimum absolute atomic E-state index is 0.187. The van der Waals surface area contributed by atoms with Gasteiger partial charge in [-0.3, -0.25) is 4.68 Å². The predicted octanol–water partition coefficient (Wildman–Crippen LogP) is 3.20. The molecule has 4 heteroatoms. The molecule has 0 atom stereocenters. The number of aromatic nitrogens is 2. The number of hydrogen-bond donors (Lipinski definition) is 1. The van der Waals surface area contributed by atoms with Gasteiger partial charge >= 0.3 is 0 Å². The largest absolute Gasteiger partial charge is 0.316 e. The molecule has 0 bridgehead atoms. The van der Waals surface area contributed by atoms with Gasteiger partial charge in [0.15, 0.2) is 0 Å². The normalized spacial score (nSPS) is 12.4. The first-order valence-corrected chi connectivity index (χ1v) is 6.99. The van der Waals surface area contributed by atoms with Crippen molar-refractivity contribution in [2.24, 2.45) is 18.4 Å². The molecule has 18 heavy (non-hydrogen) atoms. The van der Waals surface area contributed by atoms with Gasteiger partial charge in [-0.2, -0.15) is 5.10 Å². The van der Waals surface area contributed by atoms with Gasteiger partial charge in [-0.25, -0.2) is 0 Å². The molecule has 104 valence electrons. The number of rotatable bonds is 6. The van der Waals surface area contributed by atoms with Gasteiger partial charge in [-0.15, -0.1) is 0 Å². The molecule has 0 saturated heterocycles. The summed E-state index contributed by atoms with van der Waals surface area (Å²) in [6, 6.07) is 0. The fourth-order valence-corrected chi connectivity index (χ4v) is 2.36. The van der Waals surface area contributed by atoms with Crippen LogP contribution in [0.2, 0.25) is 5.15 Å². The maximum atomic E-state index is 6.28. The molecule has 0 aromatic carbocycles. The zero-order chi connectivity index (χ0) is 13.9. The predicted molar refractivity (Wildman–Crippen MR) is 78.1 cm³/mol. The van der Waals surface area contributed by atoms with E-state index in [9.17, 15) is 0 Å². The molecule has 0 saturated carbocycles. The molecule has 1 aromatic rings. The van der Waals surface area contributed by atoms with Gasteiger partial charge < -0.3 is 5.32 Å². The van der Waals surface area contributed by atoms with E-state index in [1.54, 1.807) is 4.68 Å². The van der Waals surface area contributed by atoms with Gasteiger partial charge in [-0.05, 0) is 31.2 Å². The van der Waals surface area contributed by atoms with Crippen LogP contribution in [0.4, 0.5) is 0 Å². The third kappa shape index (κ3) is 4.29. The second-order valence-electron chi connectivity index (χ2n) is 6.34. The highest BCUT2D eigenvalue weighted by molar-refractivity contribution is 6.30. The second kappa shape index (κ2) is 6.07. The lowest BCUT2D eigenvalue weighted by atomic mass is 9.85. The molecule has 1 rings (SSSR count). The van der Waals surface area contributed by atoms with Crippen LogP contribution in [0.15, 0.2) is 0 Å². The standard InChI is InChI=1S/C14H26ClN3/c1-10(2)8-16-9-14(4,5)7-12-11(3)17-18(6)13(12)15/h10,16H,7-9H2,1-6H3. The number of nitrogens with zero attached hydrogens (tertiary/aromatic N) is 2. The average molecular weight is 272 g/mol. The summed E-state index contributed by atoms with van der Waals surface area (Å²) in [5.74, 6) is 0.685. The summed E-state index contributed by atoms with van der Waals surface area (Å²) >= 11 is 6.28. The Balaban J connectivity index is 2.64. The van der Waals surface area contributed by atoms with Crippen molar-refractivity contribution >= 4 is 11.6 Å². The quantitative estimate of drug-likeness (QED) is 0.861. The molecule has 1 N–H and O–H groups in total. The first-order valence-electron chi connectivity index (χ1n) is 6.61. The highest BCUT2D eigenvalue weighted by atomic mass is 35.5. The van der Waals surface area contributed by atoms with Crippen LogP contribution < -0.4 is 5.32 Å². The lowest BCUT2D eigenvalue weighted by molar-refractivity contribution is 0.330. The van der Waals surface area contributed by atoms with Gasteiger partial charge in [0.2, 0.25) is 0 Å². The maximum Gasteiger partial charge on any atom is 0.130 e. The smallest absolute Gasteiger partial charge is 0.130 e. The first-order chi connectivity index (χ1) is 8.23. The summed E-state index contributed by atoms with van der Waals surface area (Å²) in [6.07, 6.45) is 0.955. The molecule has 0 aliphatic carbocycles. The monoisotopic (exact) mass is 271 g/mol. The van der Waals surface area contributed by atoms with Crippen LogP contribution in [0, 0.1) is 18.3 Å². The van der Waals surface area contributed by atoms with E-state index in [1.807, 2.05) is 14.0 Å². The Kier molecular flexibility index (Phi) is 5.23. The number of hydrogen-bond acceptors (Lipinski definition) is 2. The van der Waals surface area contributed by atoms with Crippen molar-refractivity contribution in [2.75, 3.05) is 13.1 Å². The van der Waals surface area contributed by atoms with E-state index in [-0.39, 0.29) is 5.41 Å². The van der Waals surface area contributed by atoms with Crippen molar-refractivity contribution in [3.05, 3.63) is 16.4 Å². The van der Waals surface area contributed by atoms with Gasteiger partial charge in [-0.1, -0.05) is 39.3 Å². The Morgan fingerprint density at radius 1 is 1.39 bits per heavy atom. The summed E-state index contributed by atoms with van der Waals surface area (Å²) < 4.78 is 1.75. The Bertz CT molecular complexity index is 394. The van der Waals surface area contributed by atoms with Crippen LogP contribution in [0.3, 0.4) is 0 Å². The van der Waals surface area contributed by atoms with Crippen molar-refractivity contribution in [3.8, 4) is 0 Å². The topological polar surface area (TPSA) is 29.9 Å². The minimum Gasteiger partial charge on any atom is -0.316 e. The van der Waals surface area contributed by atoms with Gasteiger partial charge in [0.05, 0.1) is 5.69 Å². The van der Waals surface area contributed by atoms with Crippen LogP contribution >= 0.6 is 11.6 Å². The summed E-state index contributed by atoms with van der Waals surface area (Å²) in [5, 5.41) is 8.66. The Labute approximate surface area is 116 Å². The highest BCUT2D eigenvalue weighted by Crippen LogP contribution is 2.27. The van der Waals surface area contributed by atoms with E-state index < -0.39 is 0 Å². The van der Waals surface area contributed by atoms with E-state index in [4.69, 9.17) is 11.6 Å². The molecule has 0 fully saturated rings. The third-order valence-electron chi connectivity index (χ3n) is 3.08. The van der Waals surface area contributed by atoms with Crippen molar-refractivity contribution in [2.45, 2.75) is 41.0 Å². The van der Waals surface area contributed by atoms with E-state index in [1.165, 1.54) is 5.56 Å². The molecule has 0 aliphatic rings. The van der Waals surface area contributed by atoms with Crippen LogP contribution in [0.1, 0.15) is 39.0 Å².